The number of carbonyl (C=O) groups excluding carboxylic acids is 6. The van der Waals surface area contributed by atoms with E-state index in [1.165, 1.54) is 0 Å². The van der Waals surface area contributed by atoms with Crippen molar-refractivity contribution in [2.24, 2.45) is 0 Å². The molecule has 28 nitrogen and oxygen atoms in total. The average molecular weight is 1340 g/mol. The van der Waals surface area contributed by atoms with Gasteiger partial charge in [-0.1, -0.05) is 41.5 Å². The van der Waals surface area contributed by atoms with Crippen LogP contribution in [0.1, 0.15) is 80.1 Å². The van der Waals surface area contributed by atoms with Crippen molar-refractivity contribution in [2.75, 3.05) is 317 Å². The minimum Gasteiger partial charge on any atom is -0.355 e. The third-order valence-electron chi connectivity index (χ3n) is 17.1. The van der Waals surface area contributed by atoms with Gasteiger partial charge in [-0.3, -0.25) is 33.7 Å². The number of rotatable bonds is 69. The van der Waals surface area contributed by atoms with Gasteiger partial charge in [0.2, 0.25) is 35.4 Å². The lowest BCUT2D eigenvalue weighted by Crippen LogP contribution is -2.46. The molecule has 0 spiro atoms. The van der Waals surface area contributed by atoms with Gasteiger partial charge in [-0.25, -0.2) is 0 Å². The molecule has 0 radical (unpaired) electrons. The van der Waals surface area contributed by atoms with Crippen LogP contribution in [0.3, 0.4) is 0 Å². The Morgan fingerprint density at radius 3 is 0.468 bits per heavy atom. The second-order valence-corrected chi connectivity index (χ2v) is 24.8. The molecule has 12 N–H and O–H groups in total. The van der Waals surface area contributed by atoms with Crippen LogP contribution in [0, 0.1) is 0 Å². The van der Waals surface area contributed by atoms with Gasteiger partial charge in [0.05, 0.1) is 0 Å². The maximum Gasteiger partial charge on any atom is 0.221 e. The molecule has 0 atom stereocenters. The number of nitrogens with one attached hydrogen (secondary N) is 12. The van der Waals surface area contributed by atoms with Crippen molar-refractivity contribution >= 4 is 35.4 Å². The highest BCUT2D eigenvalue weighted by molar-refractivity contribution is 5.78. The highest BCUT2D eigenvalue weighted by Crippen LogP contribution is 2.04. The quantitative estimate of drug-likeness (QED) is 0.0263. The number of hydrogen-bond acceptors (Lipinski definition) is 22. The summed E-state index contributed by atoms with van der Waals surface area (Å²) in [5, 5.41) is 39.0. The van der Waals surface area contributed by atoms with Crippen LogP contribution in [0.4, 0.5) is 0 Å². The van der Waals surface area contributed by atoms with E-state index in [1.54, 1.807) is 0 Å². The SMILES string of the molecule is CCN(C)CCNCCNC(=O)CCN(CCC(=O)NCCNCCN(C)CC)CCN(CCN(CCC(=O)NCCNCCN(C)CC)CCC(=O)NCCNCCN(C)CC)CCN(CCC(=O)NCCNCCN(C)CC)CCC(=O)NCCNCCN(C)CC. The molecule has 0 aliphatic rings. The van der Waals surface area contributed by atoms with Crippen molar-refractivity contribution < 1.29 is 28.8 Å². The molecule has 0 saturated heterocycles. The molecular weight excluding hydrogens is 1200 g/mol. The average Bonchev–Trinajstić information content (AvgIpc) is 2.06. The summed E-state index contributed by atoms with van der Waals surface area (Å²) in [4.78, 5) is 103. The van der Waals surface area contributed by atoms with Crippen LogP contribution >= 0.6 is 0 Å². The molecule has 28 heteroatoms. The van der Waals surface area contributed by atoms with Crippen molar-refractivity contribution in [2.45, 2.75) is 80.1 Å². The summed E-state index contributed by atoms with van der Waals surface area (Å²) in [6.07, 6.45) is 1.60. The molecule has 0 bridgehead atoms. The molecule has 0 rings (SSSR count). The Labute approximate surface area is 572 Å². The minimum absolute atomic E-state index is 0.0507. The van der Waals surface area contributed by atoms with Crippen LogP contribution in [0.5, 0.6) is 0 Å². The molecule has 0 aromatic rings. The predicted molar refractivity (Wildman–Crippen MR) is 388 cm³/mol. The fraction of sp³-hybridized carbons (Fsp3) is 0.909. The smallest absolute Gasteiger partial charge is 0.221 e. The summed E-state index contributed by atoms with van der Waals surface area (Å²) in [6, 6.07) is 0. The molecule has 0 unspecified atom stereocenters. The molecular formula is C66H144N22O6. The normalized spacial score (nSPS) is 11.9. The number of carbonyl (C=O) groups is 6. The lowest BCUT2D eigenvalue weighted by molar-refractivity contribution is -0.123. The molecule has 6 amide bonds. The van der Waals surface area contributed by atoms with E-state index in [2.05, 4.69) is 197 Å². The first-order valence-electron chi connectivity index (χ1n) is 36.2. The molecule has 0 saturated carbocycles. The van der Waals surface area contributed by atoms with Crippen molar-refractivity contribution in [3.8, 4) is 0 Å². The molecule has 0 aliphatic heterocycles. The topological polar surface area (TPSA) is 279 Å². The highest BCUT2D eigenvalue weighted by atomic mass is 16.2. The summed E-state index contributed by atoms with van der Waals surface area (Å²) in [6.45, 7) is 42.4. The summed E-state index contributed by atoms with van der Waals surface area (Å²) in [5.74, 6) is -0.304. The molecule has 0 aromatic carbocycles. The van der Waals surface area contributed by atoms with Crippen LogP contribution in [0.25, 0.3) is 0 Å². The summed E-state index contributed by atoms with van der Waals surface area (Å²) < 4.78 is 0. The van der Waals surface area contributed by atoms with E-state index in [0.717, 1.165) is 118 Å². The maximum absolute atomic E-state index is 13.4. The summed E-state index contributed by atoms with van der Waals surface area (Å²) >= 11 is 0. The molecule has 554 valence electrons. The monoisotopic (exact) mass is 1340 g/mol. The Bertz CT molecular complexity index is 1520. The Morgan fingerprint density at radius 2 is 0.330 bits per heavy atom. The van der Waals surface area contributed by atoms with Crippen LogP contribution in [0.2, 0.25) is 0 Å². The number of hydrogen-bond donors (Lipinski definition) is 12. The van der Waals surface area contributed by atoms with Crippen molar-refractivity contribution in [1.29, 1.82) is 0 Å². The predicted octanol–water partition coefficient (Wildman–Crippen LogP) is -3.52. The van der Waals surface area contributed by atoms with Gasteiger partial charge in [-0.2, -0.15) is 0 Å². The number of amides is 6. The zero-order chi connectivity index (χ0) is 69.7. The van der Waals surface area contributed by atoms with E-state index < -0.39 is 0 Å². The van der Waals surface area contributed by atoms with Gasteiger partial charge >= 0.3 is 0 Å². The van der Waals surface area contributed by atoms with Crippen molar-refractivity contribution in [1.82, 2.24) is 113 Å². The van der Waals surface area contributed by atoms with Gasteiger partial charge in [0.1, 0.15) is 0 Å². The van der Waals surface area contributed by atoms with E-state index >= 15 is 0 Å². The fourth-order valence-electron chi connectivity index (χ4n) is 9.34. The summed E-state index contributed by atoms with van der Waals surface area (Å²) in [5.41, 5.74) is 0. The Morgan fingerprint density at radius 1 is 0.191 bits per heavy atom. The van der Waals surface area contributed by atoms with Crippen LogP contribution in [-0.4, -0.2) is 402 Å². The molecule has 0 heterocycles. The first-order chi connectivity index (χ1) is 45.4. The Hall–Kier alpha value is -3.82. The van der Waals surface area contributed by atoms with E-state index in [-0.39, 0.29) is 74.0 Å². The first kappa shape index (κ1) is 90.2. The maximum atomic E-state index is 13.4. The summed E-state index contributed by atoms with van der Waals surface area (Å²) in [7, 11) is 12.5. The lowest BCUT2D eigenvalue weighted by Gasteiger charge is -2.32. The van der Waals surface area contributed by atoms with Crippen molar-refractivity contribution in [3.63, 3.8) is 0 Å². The third kappa shape index (κ3) is 58.3. The second kappa shape index (κ2) is 63.9. The van der Waals surface area contributed by atoms with Gasteiger partial charge in [0.15, 0.2) is 0 Å². The molecule has 0 fully saturated rings. The molecule has 0 aliphatic carbocycles. The number of nitrogens with zero attached hydrogens (tertiary/aromatic N) is 10. The van der Waals surface area contributed by atoms with E-state index in [1.807, 2.05) is 0 Å². The largest absolute Gasteiger partial charge is 0.355 e. The standard InChI is InChI=1S/C66H144N22O6/c1-13-79(7)49-37-67-25-31-73-61(89)19-43-85(44-20-62(90)74-32-26-68-38-50-80(8)14-2)55-58-88(59-56-86(45-21-63(91)75-33-27-69-39-51-81(9)15-3)46-22-64(92)76-34-28-70-40-52-82(10)16-4)60-57-87(47-23-65(93)77-35-29-71-41-53-83(11)17-5)48-24-66(94)78-36-30-72-42-54-84(12)18-6/h67-72H,13-60H2,1-12H3,(H,73,89)(H,74,90)(H,75,91)(H,76,92)(H,77,93)(H,78,94). The van der Waals surface area contributed by atoms with Gasteiger partial charge < -0.3 is 108 Å². The highest BCUT2D eigenvalue weighted by Gasteiger charge is 2.19. The molecule has 94 heavy (non-hydrogen) atoms. The Balaban J connectivity index is 6.85. The lowest BCUT2D eigenvalue weighted by atomic mass is 10.2. The van der Waals surface area contributed by atoms with Gasteiger partial charge in [0, 0.05) is 274 Å². The van der Waals surface area contributed by atoms with Gasteiger partial charge in [-0.15, -0.1) is 0 Å². The fourth-order valence-corrected chi connectivity index (χ4v) is 9.34. The van der Waals surface area contributed by atoms with E-state index in [4.69, 9.17) is 0 Å². The molecule has 0 aromatic heterocycles. The minimum atomic E-state index is -0.0507. The third-order valence-corrected chi connectivity index (χ3v) is 17.1. The zero-order valence-corrected chi connectivity index (χ0v) is 61.9. The van der Waals surface area contributed by atoms with Crippen LogP contribution < -0.4 is 63.8 Å². The Kier molecular flexibility index (Phi) is 61.3. The zero-order valence-electron chi connectivity index (χ0n) is 61.9. The van der Waals surface area contributed by atoms with E-state index in [0.29, 0.717) is 157 Å². The van der Waals surface area contributed by atoms with Crippen LogP contribution in [-0.2, 0) is 28.8 Å². The number of likely N-dealkylation sites (N-methyl/N-ethyl adjacent to an activating group) is 6. The van der Waals surface area contributed by atoms with Gasteiger partial charge in [0.25, 0.3) is 0 Å². The van der Waals surface area contributed by atoms with Crippen LogP contribution in [0.15, 0.2) is 0 Å². The first-order valence-corrected chi connectivity index (χ1v) is 36.2. The van der Waals surface area contributed by atoms with E-state index in [9.17, 15) is 28.8 Å². The second-order valence-electron chi connectivity index (χ2n) is 24.8. The van der Waals surface area contributed by atoms with Crippen molar-refractivity contribution in [3.05, 3.63) is 0 Å². The van der Waals surface area contributed by atoms with Gasteiger partial charge in [-0.05, 0) is 81.6 Å².